The van der Waals surface area contributed by atoms with E-state index >= 15 is 0 Å². The molecule has 2 saturated heterocycles. The fourth-order valence-corrected chi connectivity index (χ4v) is 2.38. The zero-order valence-corrected chi connectivity index (χ0v) is 8.14. The minimum absolute atomic E-state index is 0.554. The second kappa shape index (κ2) is 4.38. The lowest BCUT2D eigenvalue weighted by atomic mass is 9.98. The Morgan fingerprint density at radius 2 is 2.00 bits per heavy atom. The topological polar surface area (TPSA) is 15.3 Å². The van der Waals surface area contributed by atoms with Crippen LogP contribution in [0.1, 0.15) is 19.3 Å². The van der Waals surface area contributed by atoms with Gasteiger partial charge < -0.3 is 10.2 Å². The summed E-state index contributed by atoms with van der Waals surface area (Å²) >= 11 is 0. The summed E-state index contributed by atoms with van der Waals surface area (Å²) < 4.78 is 12.9. The Balaban J connectivity index is 1.71. The molecule has 2 aliphatic heterocycles. The van der Waals surface area contributed by atoms with Crippen LogP contribution in [-0.2, 0) is 0 Å². The first-order chi connectivity index (χ1) is 6.34. The van der Waals surface area contributed by atoms with Gasteiger partial charge in [-0.15, -0.1) is 0 Å². The van der Waals surface area contributed by atoms with E-state index in [4.69, 9.17) is 0 Å². The van der Waals surface area contributed by atoms with E-state index in [9.17, 15) is 4.39 Å². The van der Waals surface area contributed by atoms with E-state index in [0.717, 1.165) is 38.5 Å². The maximum Gasteiger partial charge on any atom is 0.114 e. The molecule has 0 aliphatic carbocycles. The molecular formula is C10H19FN2. The lowest BCUT2D eigenvalue weighted by Crippen LogP contribution is -2.35. The number of likely N-dealkylation sites (tertiary alicyclic amines) is 1. The zero-order chi connectivity index (χ0) is 9.10. The highest BCUT2D eigenvalue weighted by atomic mass is 19.1. The molecule has 0 unspecified atom stereocenters. The van der Waals surface area contributed by atoms with E-state index in [1.807, 2.05) is 0 Å². The van der Waals surface area contributed by atoms with Crippen molar-refractivity contribution in [1.82, 2.24) is 10.2 Å². The summed E-state index contributed by atoms with van der Waals surface area (Å²) in [5, 5.41) is 3.36. The van der Waals surface area contributed by atoms with Gasteiger partial charge in [-0.2, -0.15) is 0 Å². The highest BCUT2D eigenvalue weighted by Crippen LogP contribution is 2.18. The smallest absolute Gasteiger partial charge is 0.114 e. The number of hydrogen-bond acceptors (Lipinski definition) is 2. The standard InChI is InChI=1S/C10H19FN2/c11-10-3-6-13(8-10)7-9-1-4-12-5-2-9/h9-10,12H,1-8H2/t10-/m1/s1. The molecule has 0 radical (unpaired) electrons. The number of nitrogens with one attached hydrogen (secondary N) is 1. The molecule has 2 nitrogen and oxygen atoms in total. The molecule has 2 aliphatic rings. The quantitative estimate of drug-likeness (QED) is 0.693. The van der Waals surface area contributed by atoms with E-state index in [-0.39, 0.29) is 0 Å². The van der Waals surface area contributed by atoms with Crippen LogP contribution in [0.5, 0.6) is 0 Å². The molecule has 0 bridgehead atoms. The van der Waals surface area contributed by atoms with Gasteiger partial charge in [-0.1, -0.05) is 0 Å². The first-order valence-electron chi connectivity index (χ1n) is 5.42. The fourth-order valence-electron chi connectivity index (χ4n) is 2.38. The summed E-state index contributed by atoms with van der Waals surface area (Å²) in [6.07, 6.45) is 2.74. The van der Waals surface area contributed by atoms with Gasteiger partial charge in [0.05, 0.1) is 0 Å². The molecule has 0 saturated carbocycles. The van der Waals surface area contributed by atoms with Crippen molar-refractivity contribution in [3.8, 4) is 0 Å². The van der Waals surface area contributed by atoms with Gasteiger partial charge in [0.2, 0.25) is 0 Å². The zero-order valence-electron chi connectivity index (χ0n) is 8.14. The van der Waals surface area contributed by atoms with Crippen molar-refractivity contribution in [3.63, 3.8) is 0 Å². The Labute approximate surface area is 79.5 Å². The molecule has 2 fully saturated rings. The number of nitrogens with zero attached hydrogens (tertiary/aromatic N) is 1. The third kappa shape index (κ3) is 2.64. The molecule has 1 atom stereocenters. The molecule has 2 rings (SSSR count). The van der Waals surface area contributed by atoms with Gasteiger partial charge in [0.15, 0.2) is 0 Å². The Hall–Kier alpha value is -0.150. The summed E-state index contributed by atoms with van der Waals surface area (Å²) in [7, 11) is 0. The monoisotopic (exact) mass is 186 g/mol. The molecule has 0 amide bonds. The molecule has 13 heavy (non-hydrogen) atoms. The van der Waals surface area contributed by atoms with Crippen LogP contribution in [0.4, 0.5) is 4.39 Å². The Morgan fingerprint density at radius 3 is 2.62 bits per heavy atom. The van der Waals surface area contributed by atoms with Gasteiger partial charge in [-0.25, -0.2) is 4.39 Å². The van der Waals surface area contributed by atoms with Gasteiger partial charge in [0, 0.05) is 19.6 Å². The third-order valence-electron chi connectivity index (χ3n) is 3.19. The molecule has 76 valence electrons. The van der Waals surface area contributed by atoms with Gasteiger partial charge in [-0.05, 0) is 38.3 Å². The molecule has 1 N–H and O–H groups in total. The molecule has 0 aromatic rings. The van der Waals surface area contributed by atoms with Gasteiger partial charge >= 0.3 is 0 Å². The highest BCUT2D eigenvalue weighted by Gasteiger charge is 2.24. The van der Waals surface area contributed by atoms with Crippen molar-refractivity contribution >= 4 is 0 Å². The Morgan fingerprint density at radius 1 is 1.23 bits per heavy atom. The van der Waals surface area contributed by atoms with Crippen molar-refractivity contribution in [3.05, 3.63) is 0 Å². The molecular weight excluding hydrogens is 167 g/mol. The second-order valence-electron chi connectivity index (χ2n) is 4.34. The van der Waals surface area contributed by atoms with Crippen LogP contribution in [-0.4, -0.2) is 43.8 Å². The first kappa shape index (κ1) is 9.41. The fraction of sp³-hybridized carbons (Fsp3) is 1.00. The average Bonchev–Trinajstić information content (AvgIpc) is 2.53. The summed E-state index contributed by atoms with van der Waals surface area (Å²) in [5.74, 6) is 0.812. The van der Waals surface area contributed by atoms with Gasteiger partial charge in [0.25, 0.3) is 0 Å². The van der Waals surface area contributed by atoms with Crippen molar-refractivity contribution in [2.75, 3.05) is 32.7 Å². The maximum atomic E-state index is 12.9. The van der Waals surface area contributed by atoms with E-state index in [1.165, 1.54) is 12.8 Å². The SMILES string of the molecule is F[C@@H]1CCN(CC2CCNCC2)C1. The lowest BCUT2D eigenvalue weighted by Gasteiger charge is -2.26. The van der Waals surface area contributed by atoms with E-state index in [2.05, 4.69) is 10.2 Å². The van der Waals surface area contributed by atoms with Crippen LogP contribution in [0.2, 0.25) is 0 Å². The minimum Gasteiger partial charge on any atom is -0.317 e. The molecule has 0 aromatic carbocycles. The maximum absolute atomic E-state index is 12.9. The van der Waals surface area contributed by atoms with Crippen LogP contribution in [0.25, 0.3) is 0 Å². The van der Waals surface area contributed by atoms with E-state index in [0.29, 0.717) is 6.54 Å². The summed E-state index contributed by atoms with van der Waals surface area (Å²) in [5.41, 5.74) is 0. The van der Waals surface area contributed by atoms with Crippen LogP contribution >= 0.6 is 0 Å². The highest BCUT2D eigenvalue weighted by molar-refractivity contribution is 4.79. The second-order valence-corrected chi connectivity index (χ2v) is 4.34. The molecule has 0 spiro atoms. The number of halogens is 1. The Bertz CT molecular complexity index is 154. The summed E-state index contributed by atoms with van der Waals surface area (Å²) in [6, 6.07) is 0. The third-order valence-corrected chi connectivity index (χ3v) is 3.19. The van der Waals surface area contributed by atoms with Crippen LogP contribution < -0.4 is 5.32 Å². The Kier molecular flexibility index (Phi) is 3.17. The predicted molar refractivity (Wildman–Crippen MR) is 51.5 cm³/mol. The molecule has 3 heteroatoms. The molecule has 2 heterocycles. The van der Waals surface area contributed by atoms with Gasteiger partial charge in [-0.3, -0.25) is 0 Å². The largest absolute Gasteiger partial charge is 0.317 e. The average molecular weight is 186 g/mol. The van der Waals surface area contributed by atoms with Gasteiger partial charge in [0.1, 0.15) is 6.17 Å². The van der Waals surface area contributed by atoms with Crippen molar-refractivity contribution < 1.29 is 4.39 Å². The number of alkyl halides is 1. The summed E-state index contributed by atoms with van der Waals surface area (Å²) in [4.78, 5) is 2.29. The minimum atomic E-state index is -0.554. The van der Waals surface area contributed by atoms with Crippen LogP contribution in [0, 0.1) is 5.92 Å². The number of piperidine rings is 1. The van der Waals surface area contributed by atoms with Crippen molar-refractivity contribution in [1.29, 1.82) is 0 Å². The first-order valence-corrected chi connectivity index (χ1v) is 5.42. The van der Waals surface area contributed by atoms with Crippen molar-refractivity contribution in [2.45, 2.75) is 25.4 Å². The normalized spacial score (nSPS) is 32.5. The van der Waals surface area contributed by atoms with Crippen LogP contribution in [0.3, 0.4) is 0 Å². The van der Waals surface area contributed by atoms with Crippen molar-refractivity contribution in [2.24, 2.45) is 5.92 Å². The van der Waals surface area contributed by atoms with E-state index in [1.54, 1.807) is 0 Å². The predicted octanol–water partition coefficient (Wildman–Crippen LogP) is 1.03. The lowest BCUT2D eigenvalue weighted by molar-refractivity contribution is 0.224. The molecule has 0 aromatic heterocycles. The number of hydrogen-bond donors (Lipinski definition) is 1. The van der Waals surface area contributed by atoms with Crippen LogP contribution in [0.15, 0.2) is 0 Å². The van der Waals surface area contributed by atoms with E-state index < -0.39 is 6.17 Å². The number of rotatable bonds is 2. The summed E-state index contributed by atoms with van der Waals surface area (Å²) in [6.45, 7) is 5.09.